The summed E-state index contributed by atoms with van der Waals surface area (Å²) in [5.74, 6) is 0. The third-order valence-electron chi connectivity index (χ3n) is 2.99. The van der Waals surface area contributed by atoms with Gasteiger partial charge < -0.3 is 5.11 Å². The molecule has 0 aliphatic heterocycles. The van der Waals surface area contributed by atoms with Crippen molar-refractivity contribution in [1.82, 2.24) is 0 Å². The fourth-order valence-electron chi connectivity index (χ4n) is 1.88. The van der Waals surface area contributed by atoms with Crippen molar-refractivity contribution in [1.29, 1.82) is 0 Å². The van der Waals surface area contributed by atoms with E-state index in [1.165, 1.54) is 16.0 Å². The summed E-state index contributed by atoms with van der Waals surface area (Å²) in [6.07, 6.45) is -0.458. The summed E-state index contributed by atoms with van der Waals surface area (Å²) >= 11 is 5.20. The van der Waals surface area contributed by atoms with E-state index < -0.39 is 6.10 Å². The van der Waals surface area contributed by atoms with Crippen molar-refractivity contribution >= 4 is 27.7 Å². The van der Waals surface area contributed by atoms with Crippen molar-refractivity contribution in [2.24, 2.45) is 0 Å². The van der Waals surface area contributed by atoms with Gasteiger partial charge in [-0.2, -0.15) is 0 Å². The Labute approximate surface area is 127 Å². The Morgan fingerprint density at radius 1 is 1.05 bits per heavy atom. The Balaban J connectivity index is 2.42. The number of rotatable bonds is 3. The third-order valence-corrected chi connectivity index (χ3v) is 4.72. The maximum atomic E-state index is 9.87. The van der Waals surface area contributed by atoms with Crippen LogP contribution < -0.4 is 0 Å². The quantitative estimate of drug-likeness (QED) is 0.823. The van der Waals surface area contributed by atoms with Crippen molar-refractivity contribution < 1.29 is 5.11 Å². The van der Waals surface area contributed by atoms with Crippen LogP contribution in [-0.4, -0.2) is 5.11 Å². The normalized spacial score (nSPS) is 12.5. The zero-order valence-corrected chi connectivity index (χ0v) is 13.7. The minimum Gasteiger partial charge on any atom is -0.389 e. The van der Waals surface area contributed by atoms with Crippen molar-refractivity contribution in [3.63, 3.8) is 0 Å². The summed E-state index contributed by atoms with van der Waals surface area (Å²) in [7, 11) is 0. The van der Waals surface area contributed by atoms with E-state index >= 15 is 0 Å². The highest BCUT2D eigenvalue weighted by Crippen LogP contribution is 2.37. The summed E-state index contributed by atoms with van der Waals surface area (Å²) in [5, 5.41) is 9.87. The van der Waals surface area contributed by atoms with E-state index in [1.54, 1.807) is 18.7 Å². The molecule has 100 valence electrons. The summed E-state index contributed by atoms with van der Waals surface area (Å²) in [5.41, 5.74) is 3.47. The summed E-state index contributed by atoms with van der Waals surface area (Å²) in [6.45, 7) is 6.01. The van der Waals surface area contributed by atoms with Gasteiger partial charge in [0.2, 0.25) is 0 Å². The number of aliphatic hydroxyl groups excluding tert-OH is 1. The van der Waals surface area contributed by atoms with Gasteiger partial charge in [0.05, 0.1) is 6.10 Å². The van der Waals surface area contributed by atoms with Gasteiger partial charge in [-0.05, 0) is 55.7 Å². The highest BCUT2D eigenvalue weighted by molar-refractivity contribution is 9.10. The van der Waals surface area contributed by atoms with Crippen LogP contribution in [0.1, 0.15) is 29.7 Å². The van der Waals surface area contributed by atoms with Gasteiger partial charge in [-0.15, -0.1) is 0 Å². The molecule has 19 heavy (non-hydrogen) atoms. The lowest BCUT2D eigenvalue weighted by Gasteiger charge is -2.13. The number of aryl methyl sites for hydroxylation is 2. The van der Waals surface area contributed by atoms with Gasteiger partial charge in [0.1, 0.15) is 0 Å². The Bertz CT molecular complexity index is 593. The largest absolute Gasteiger partial charge is 0.389 e. The Hall–Kier alpha value is -0.770. The maximum Gasteiger partial charge on any atom is 0.0772 e. The van der Waals surface area contributed by atoms with Crippen LogP contribution in [0.3, 0.4) is 0 Å². The predicted octanol–water partition coefficient (Wildman–Crippen LogP) is 5.27. The number of halogens is 1. The van der Waals surface area contributed by atoms with Crippen molar-refractivity contribution in [2.45, 2.75) is 36.7 Å². The molecule has 2 aromatic rings. The minimum atomic E-state index is -0.458. The van der Waals surface area contributed by atoms with Crippen LogP contribution in [0.5, 0.6) is 0 Å². The van der Waals surface area contributed by atoms with E-state index in [0.717, 1.165) is 14.9 Å². The van der Waals surface area contributed by atoms with Crippen LogP contribution >= 0.6 is 27.7 Å². The molecule has 0 spiro atoms. The van der Waals surface area contributed by atoms with Gasteiger partial charge in [-0.25, -0.2) is 0 Å². The Kier molecular flexibility index (Phi) is 4.71. The van der Waals surface area contributed by atoms with E-state index in [2.05, 4.69) is 54.0 Å². The molecule has 0 aliphatic carbocycles. The molecule has 0 aromatic heterocycles. The highest BCUT2D eigenvalue weighted by atomic mass is 79.9. The molecule has 2 rings (SSSR count). The molecule has 0 bridgehead atoms. The van der Waals surface area contributed by atoms with Crippen molar-refractivity contribution in [3.8, 4) is 0 Å². The first kappa shape index (κ1) is 14.6. The minimum absolute atomic E-state index is 0.458. The SMILES string of the molecule is Cc1ccc(C)c(Sc2cc(Br)ccc2C(C)O)c1. The van der Waals surface area contributed by atoms with Crippen LogP contribution in [0.25, 0.3) is 0 Å². The molecule has 3 heteroatoms. The van der Waals surface area contributed by atoms with Gasteiger partial charge >= 0.3 is 0 Å². The van der Waals surface area contributed by atoms with E-state index in [9.17, 15) is 5.11 Å². The summed E-state index contributed by atoms with van der Waals surface area (Å²) in [4.78, 5) is 2.33. The monoisotopic (exact) mass is 336 g/mol. The van der Waals surface area contributed by atoms with Gasteiger partial charge in [0.25, 0.3) is 0 Å². The first-order valence-electron chi connectivity index (χ1n) is 6.20. The molecule has 0 fully saturated rings. The van der Waals surface area contributed by atoms with E-state index in [4.69, 9.17) is 0 Å². The topological polar surface area (TPSA) is 20.2 Å². The second-order valence-electron chi connectivity index (χ2n) is 4.73. The second-order valence-corrected chi connectivity index (χ2v) is 6.73. The number of hydrogen-bond acceptors (Lipinski definition) is 2. The third kappa shape index (κ3) is 3.62. The molecule has 0 heterocycles. The molecule has 0 radical (unpaired) electrons. The number of hydrogen-bond donors (Lipinski definition) is 1. The maximum absolute atomic E-state index is 9.87. The standard InChI is InChI=1S/C16H17BrOS/c1-10-4-5-11(2)15(8-10)19-16-9-13(17)6-7-14(16)12(3)18/h4-9,12,18H,1-3H3. The first-order valence-corrected chi connectivity index (χ1v) is 7.81. The molecule has 0 saturated heterocycles. The number of aliphatic hydroxyl groups is 1. The molecule has 1 N–H and O–H groups in total. The molecular weight excluding hydrogens is 320 g/mol. The van der Waals surface area contributed by atoms with E-state index in [0.29, 0.717) is 0 Å². The first-order chi connectivity index (χ1) is 8.97. The van der Waals surface area contributed by atoms with Gasteiger partial charge in [-0.1, -0.05) is 45.9 Å². The molecule has 0 aliphatic rings. The molecular formula is C16H17BrOS. The van der Waals surface area contributed by atoms with Crippen molar-refractivity contribution in [2.75, 3.05) is 0 Å². The van der Waals surface area contributed by atoms with Gasteiger partial charge in [0.15, 0.2) is 0 Å². The molecule has 1 nitrogen and oxygen atoms in total. The zero-order valence-electron chi connectivity index (χ0n) is 11.3. The highest BCUT2D eigenvalue weighted by Gasteiger charge is 2.11. The molecule has 1 atom stereocenters. The fourth-order valence-corrected chi connectivity index (χ4v) is 3.64. The molecule has 0 amide bonds. The van der Waals surface area contributed by atoms with Crippen LogP contribution in [0, 0.1) is 13.8 Å². The van der Waals surface area contributed by atoms with Crippen LogP contribution in [0.4, 0.5) is 0 Å². The molecule has 2 aromatic carbocycles. The lowest BCUT2D eigenvalue weighted by molar-refractivity contribution is 0.196. The average molecular weight is 337 g/mol. The molecule has 1 unspecified atom stereocenters. The van der Waals surface area contributed by atoms with Crippen LogP contribution in [-0.2, 0) is 0 Å². The van der Waals surface area contributed by atoms with Gasteiger partial charge in [-0.3, -0.25) is 0 Å². The fraction of sp³-hybridized carbons (Fsp3) is 0.250. The van der Waals surface area contributed by atoms with Gasteiger partial charge in [0, 0.05) is 14.3 Å². The van der Waals surface area contributed by atoms with E-state index in [1.807, 2.05) is 12.1 Å². The smallest absolute Gasteiger partial charge is 0.0772 e. The van der Waals surface area contributed by atoms with E-state index in [-0.39, 0.29) is 0 Å². The summed E-state index contributed by atoms with van der Waals surface area (Å²) in [6, 6.07) is 12.5. The second kappa shape index (κ2) is 6.12. The predicted molar refractivity (Wildman–Crippen MR) is 84.8 cm³/mol. The lowest BCUT2D eigenvalue weighted by Crippen LogP contribution is -1.94. The Morgan fingerprint density at radius 2 is 1.79 bits per heavy atom. The van der Waals surface area contributed by atoms with Crippen LogP contribution in [0.15, 0.2) is 50.7 Å². The zero-order chi connectivity index (χ0) is 14.0. The Morgan fingerprint density at radius 3 is 2.47 bits per heavy atom. The van der Waals surface area contributed by atoms with Crippen LogP contribution in [0.2, 0.25) is 0 Å². The average Bonchev–Trinajstić information content (AvgIpc) is 2.33. The summed E-state index contributed by atoms with van der Waals surface area (Å²) < 4.78 is 1.03. The molecule has 0 saturated carbocycles. The number of benzene rings is 2. The van der Waals surface area contributed by atoms with Crippen molar-refractivity contribution in [3.05, 3.63) is 57.6 Å². The lowest BCUT2D eigenvalue weighted by atomic mass is 10.1.